The summed E-state index contributed by atoms with van der Waals surface area (Å²) < 4.78 is 17.6. The van der Waals surface area contributed by atoms with Crippen LogP contribution in [0.25, 0.3) is 0 Å². The Morgan fingerprint density at radius 2 is 2.06 bits per heavy atom. The molecule has 0 aromatic heterocycles. The van der Waals surface area contributed by atoms with Gasteiger partial charge < -0.3 is 15.0 Å². The first-order valence-corrected chi connectivity index (χ1v) is 5.88. The van der Waals surface area contributed by atoms with Gasteiger partial charge in [-0.2, -0.15) is 0 Å². The molecule has 0 saturated carbocycles. The number of carbonyl (C=O) groups excluding carboxylic acids is 1. The number of rotatable bonds is 6. The highest BCUT2D eigenvalue weighted by Crippen LogP contribution is 2.15. The fourth-order valence-corrected chi connectivity index (χ4v) is 1.72. The fraction of sp³-hybridized carbons (Fsp3) is 0.462. The molecule has 1 aromatic carbocycles. The zero-order valence-corrected chi connectivity index (χ0v) is 10.9. The van der Waals surface area contributed by atoms with Crippen LogP contribution in [0.2, 0.25) is 0 Å². The quantitative estimate of drug-likeness (QED) is 0.779. The van der Waals surface area contributed by atoms with Crippen LogP contribution in [0, 0.1) is 5.82 Å². The summed E-state index contributed by atoms with van der Waals surface area (Å²) in [7, 11) is 3.07. The molecule has 0 bridgehead atoms. The average molecular weight is 254 g/mol. The molecule has 1 unspecified atom stereocenters. The standard InChI is InChI=1S/C13H19FN2O2/c1-4-16(9-12(15-2)13(17)18-3)11-7-5-10(14)6-8-11/h5-8,12,15H,4,9H2,1-3H3. The van der Waals surface area contributed by atoms with E-state index in [0.29, 0.717) is 6.54 Å². The van der Waals surface area contributed by atoms with Crippen molar-refractivity contribution in [3.63, 3.8) is 0 Å². The number of nitrogens with zero attached hydrogens (tertiary/aromatic N) is 1. The van der Waals surface area contributed by atoms with Crippen molar-refractivity contribution >= 4 is 11.7 Å². The average Bonchev–Trinajstić information content (AvgIpc) is 2.41. The molecule has 100 valence electrons. The molecule has 1 rings (SSSR count). The minimum absolute atomic E-state index is 0.270. The van der Waals surface area contributed by atoms with E-state index in [0.717, 1.165) is 12.2 Å². The number of anilines is 1. The van der Waals surface area contributed by atoms with E-state index < -0.39 is 6.04 Å². The van der Waals surface area contributed by atoms with Crippen LogP contribution >= 0.6 is 0 Å². The van der Waals surface area contributed by atoms with E-state index in [4.69, 9.17) is 4.74 Å². The maximum atomic E-state index is 12.9. The van der Waals surface area contributed by atoms with Crippen molar-refractivity contribution in [3.05, 3.63) is 30.1 Å². The molecule has 0 saturated heterocycles. The monoisotopic (exact) mass is 254 g/mol. The first-order valence-electron chi connectivity index (χ1n) is 5.88. The van der Waals surface area contributed by atoms with Crippen LogP contribution in [-0.2, 0) is 9.53 Å². The summed E-state index contributed by atoms with van der Waals surface area (Å²) in [5.74, 6) is -0.578. The predicted octanol–water partition coefficient (Wildman–Crippen LogP) is 1.41. The molecule has 18 heavy (non-hydrogen) atoms. The maximum Gasteiger partial charge on any atom is 0.324 e. The van der Waals surface area contributed by atoms with Gasteiger partial charge in [-0.1, -0.05) is 0 Å². The van der Waals surface area contributed by atoms with E-state index in [9.17, 15) is 9.18 Å². The van der Waals surface area contributed by atoms with Crippen LogP contribution in [0.5, 0.6) is 0 Å². The van der Waals surface area contributed by atoms with E-state index in [-0.39, 0.29) is 11.8 Å². The lowest BCUT2D eigenvalue weighted by molar-refractivity contribution is -0.142. The first-order chi connectivity index (χ1) is 8.62. The Kier molecular flexibility index (Phi) is 5.58. The summed E-state index contributed by atoms with van der Waals surface area (Å²) in [4.78, 5) is 13.5. The van der Waals surface area contributed by atoms with Gasteiger partial charge in [-0.05, 0) is 38.2 Å². The second-order valence-corrected chi connectivity index (χ2v) is 3.88. The Morgan fingerprint density at radius 1 is 1.44 bits per heavy atom. The third-order valence-corrected chi connectivity index (χ3v) is 2.81. The number of likely N-dealkylation sites (N-methyl/N-ethyl adjacent to an activating group) is 2. The summed E-state index contributed by atoms with van der Waals surface area (Å²) in [6.45, 7) is 3.18. The third kappa shape index (κ3) is 3.70. The Labute approximate surface area is 107 Å². The topological polar surface area (TPSA) is 41.6 Å². The van der Waals surface area contributed by atoms with Gasteiger partial charge in [0.2, 0.25) is 0 Å². The molecule has 1 N–H and O–H groups in total. The lowest BCUT2D eigenvalue weighted by atomic mass is 10.2. The Bertz CT molecular complexity index is 381. The molecule has 0 aliphatic carbocycles. The molecular formula is C13H19FN2O2. The van der Waals surface area contributed by atoms with E-state index in [1.54, 1.807) is 19.2 Å². The number of hydrogen-bond acceptors (Lipinski definition) is 4. The predicted molar refractivity (Wildman–Crippen MR) is 69.2 cm³/mol. The van der Waals surface area contributed by atoms with Crippen LogP contribution in [0.4, 0.5) is 10.1 Å². The number of esters is 1. The van der Waals surface area contributed by atoms with Crippen molar-refractivity contribution in [2.45, 2.75) is 13.0 Å². The van der Waals surface area contributed by atoms with Gasteiger partial charge in [-0.15, -0.1) is 0 Å². The SMILES string of the molecule is CCN(CC(NC)C(=O)OC)c1ccc(F)cc1. The summed E-state index contributed by atoms with van der Waals surface area (Å²) in [5.41, 5.74) is 0.878. The van der Waals surface area contributed by atoms with Crippen molar-refractivity contribution in [1.29, 1.82) is 0 Å². The summed E-state index contributed by atoms with van der Waals surface area (Å²) in [5, 5.41) is 2.91. The number of hydrogen-bond donors (Lipinski definition) is 1. The minimum Gasteiger partial charge on any atom is -0.468 e. The van der Waals surface area contributed by atoms with Crippen LogP contribution in [0.3, 0.4) is 0 Å². The molecule has 1 atom stereocenters. The zero-order valence-electron chi connectivity index (χ0n) is 10.9. The van der Waals surface area contributed by atoms with Gasteiger partial charge in [0.15, 0.2) is 0 Å². The van der Waals surface area contributed by atoms with Crippen molar-refractivity contribution in [1.82, 2.24) is 5.32 Å². The van der Waals surface area contributed by atoms with Gasteiger partial charge in [-0.25, -0.2) is 4.39 Å². The van der Waals surface area contributed by atoms with Gasteiger partial charge >= 0.3 is 5.97 Å². The van der Waals surface area contributed by atoms with Gasteiger partial charge in [0, 0.05) is 18.8 Å². The number of methoxy groups -OCH3 is 1. The van der Waals surface area contributed by atoms with Gasteiger partial charge in [-0.3, -0.25) is 4.79 Å². The maximum absolute atomic E-state index is 12.9. The molecule has 0 aliphatic rings. The number of nitrogens with one attached hydrogen (secondary N) is 1. The van der Waals surface area contributed by atoms with Gasteiger partial charge in [0.1, 0.15) is 11.9 Å². The number of benzene rings is 1. The van der Waals surface area contributed by atoms with Crippen molar-refractivity contribution in [3.8, 4) is 0 Å². The number of ether oxygens (including phenoxy) is 1. The second-order valence-electron chi connectivity index (χ2n) is 3.88. The van der Waals surface area contributed by atoms with Crippen LogP contribution < -0.4 is 10.2 Å². The molecule has 0 spiro atoms. The summed E-state index contributed by atoms with van der Waals surface area (Å²) >= 11 is 0. The van der Waals surface area contributed by atoms with Gasteiger partial charge in [0.25, 0.3) is 0 Å². The van der Waals surface area contributed by atoms with E-state index in [1.807, 2.05) is 11.8 Å². The minimum atomic E-state index is -0.403. The lowest BCUT2D eigenvalue weighted by Crippen LogP contribution is -2.45. The summed E-state index contributed by atoms with van der Waals surface area (Å²) in [6, 6.07) is 5.81. The highest BCUT2D eigenvalue weighted by atomic mass is 19.1. The van der Waals surface area contributed by atoms with Crippen LogP contribution in [0.15, 0.2) is 24.3 Å². The normalized spacial score (nSPS) is 12.0. The third-order valence-electron chi connectivity index (χ3n) is 2.81. The van der Waals surface area contributed by atoms with Crippen molar-refractivity contribution < 1.29 is 13.9 Å². The second kappa shape index (κ2) is 6.96. The van der Waals surface area contributed by atoms with Gasteiger partial charge in [0.05, 0.1) is 7.11 Å². The number of halogens is 1. The van der Waals surface area contributed by atoms with Crippen molar-refractivity contribution in [2.75, 3.05) is 32.1 Å². The molecule has 0 radical (unpaired) electrons. The lowest BCUT2D eigenvalue weighted by Gasteiger charge is -2.26. The number of carbonyl (C=O) groups is 1. The fourth-order valence-electron chi connectivity index (χ4n) is 1.72. The smallest absolute Gasteiger partial charge is 0.324 e. The van der Waals surface area contributed by atoms with E-state index >= 15 is 0 Å². The highest BCUT2D eigenvalue weighted by molar-refractivity contribution is 5.76. The Morgan fingerprint density at radius 3 is 2.50 bits per heavy atom. The molecule has 0 heterocycles. The van der Waals surface area contributed by atoms with E-state index in [2.05, 4.69) is 5.32 Å². The molecule has 5 heteroatoms. The summed E-state index contributed by atoms with van der Waals surface area (Å²) in [6.07, 6.45) is 0. The molecule has 0 aliphatic heterocycles. The Balaban J connectivity index is 2.77. The highest BCUT2D eigenvalue weighted by Gasteiger charge is 2.20. The molecule has 4 nitrogen and oxygen atoms in total. The largest absolute Gasteiger partial charge is 0.468 e. The molecule has 1 aromatic rings. The zero-order chi connectivity index (χ0) is 13.5. The van der Waals surface area contributed by atoms with Crippen molar-refractivity contribution in [2.24, 2.45) is 0 Å². The van der Waals surface area contributed by atoms with E-state index in [1.165, 1.54) is 19.2 Å². The Hall–Kier alpha value is -1.62. The first kappa shape index (κ1) is 14.4. The molecular weight excluding hydrogens is 235 g/mol. The van der Waals surface area contributed by atoms with Crippen LogP contribution in [0.1, 0.15) is 6.92 Å². The molecule has 0 fully saturated rings. The van der Waals surface area contributed by atoms with Crippen LogP contribution in [-0.4, -0.2) is 39.3 Å². The molecule has 0 amide bonds.